The molecule has 2 rings (SSSR count). The van der Waals surface area contributed by atoms with Crippen LogP contribution < -0.4 is 10.6 Å². The SMILES string of the molecule is CCOCCCNC(=O)C1CCN(CC(=O)Nc2cccc(Cl)c2)CC1. The van der Waals surface area contributed by atoms with Gasteiger partial charge in [-0.2, -0.15) is 0 Å². The number of likely N-dealkylation sites (tertiary alicyclic amines) is 1. The normalized spacial score (nSPS) is 15.6. The summed E-state index contributed by atoms with van der Waals surface area (Å²) >= 11 is 5.92. The molecule has 0 radical (unpaired) electrons. The molecule has 6 nitrogen and oxygen atoms in total. The van der Waals surface area contributed by atoms with E-state index in [4.69, 9.17) is 16.3 Å². The minimum atomic E-state index is -0.0638. The number of hydrogen-bond acceptors (Lipinski definition) is 4. The van der Waals surface area contributed by atoms with Gasteiger partial charge < -0.3 is 15.4 Å². The first-order valence-electron chi connectivity index (χ1n) is 9.21. The first-order chi connectivity index (χ1) is 12.6. The lowest BCUT2D eigenvalue weighted by molar-refractivity contribution is -0.126. The Morgan fingerprint density at radius 2 is 2.08 bits per heavy atom. The van der Waals surface area contributed by atoms with Crippen LogP contribution in [-0.4, -0.2) is 56.1 Å². The van der Waals surface area contributed by atoms with Crippen molar-refractivity contribution in [2.45, 2.75) is 26.2 Å². The molecule has 0 bridgehead atoms. The maximum atomic E-state index is 12.2. The molecular weight excluding hydrogens is 354 g/mol. The van der Waals surface area contributed by atoms with E-state index in [9.17, 15) is 9.59 Å². The number of nitrogens with zero attached hydrogens (tertiary/aromatic N) is 1. The van der Waals surface area contributed by atoms with E-state index in [0.29, 0.717) is 37.0 Å². The third-order valence-electron chi connectivity index (χ3n) is 4.40. The fraction of sp³-hybridized carbons (Fsp3) is 0.579. The number of carbonyl (C=O) groups is 2. The second-order valence-electron chi connectivity index (χ2n) is 6.45. The molecule has 1 aromatic carbocycles. The fourth-order valence-electron chi connectivity index (χ4n) is 3.00. The maximum Gasteiger partial charge on any atom is 0.238 e. The van der Waals surface area contributed by atoms with Crippen LogP contribution in [0, 0.1) is 5.92 Å². The molecule has 26 heavy (non-hydrogen) atoms. The lowest BCUT2D eigenvalue weighted by Gasteiger charge is -2.30. The van der Waals surface area contributed by atoms with Crippen LogP contribution >= 0.6 is 11.6 Å². The Bertz CT molecular complexity index is 589. The number of halogens is 1. The molecule has 144 valence electrons. The monoisotopic (exact) mass is 381 g/mol. The van der Waals surface area contributed by atoms with Gasteiger partial charge in [0.15, 0.2) is 0 Å². The first kappa shape index (κ1) is 20.7. The van der Waals surface area contributed by atoms with Gasteiger partial charge >= 0.3 is 0 Å². The number of nitrogens with one attached hydrogen (secondary N) is 2. The smallest absolute Gasteiger partial charge is 0.238 e. The Morgan fingerprint density at radius 3 is 2.77 bits per heavy atom. The van der Waals surface area contributed by atoms with E-state index in [1.807, 2.05) is 13.0 Å². The first-order valence-corrected chi connectivity index (χ1v) is 9.59. The predicted molar refractivity (Wildman–Crippen MR) is 103 cm³/mol. The minimum Gasteiger partial charge on any atom is -0.382 e. The highest BCUT2D eigenvalue weighted by Gasteiger charge is 2.25. The van der Waals surface area contributed by atoms with E-state index < -0.39 is 0 Å². The molecule has 1 heterocycles. The summed E-state index contributed by atoms with van der Waals surface area (Å²) in [6, 6.07) is 7.10. The highest BCUT2D eigenvalue weighted by Crippen LogP contribution is 2.18. The van der Waals surface area contributed by atoms with Crippen LogP contribution in [0.3, 0.4) is 0 Å². The quantitative estimate of drug-likeness (QED) is 0.645. The third-order valence-corrected chi connectivity index (χ3v) is 4.64. The molecule has 0 spiro atoms. The molecule has 0 aromatic heterocycles. The van der Waals surface area contributed by atoms with Crippen molar-refractivity contribution >= 4 is 29.1 Å². The topological polar surface area (TPSA) is 70.7 Å². The number of anilines is 1. The van der Waals surface area contributed by atoms with Crippen molar-refractivity contribution in [1.29, 1.82) is 0 Å². The van der Waals surface area contributed by atoms with Crippen molar-refractivity contribution in [2.75, 3.05) is 44.7 Å². The molecule has 1 fully saturated rings. The van der Waals surface area contributed by atoms with Crippen LogP contribution in [0.2, 0.25) is 5.02 Å². The Labute approximate surface area is 160 Å². The molecule has 2 N–H and O–H groups in total. The average Bonchev–Trinajstić information content (AvgIpc) is 2.62. The number of rotatable bonds is 9. The molecule has 0 atom stereocenters. The summed E-state index contributed by atoms with van der Waals surface area (Å²) in [7, 11) is 0. The van der Waals surface area contributed by atoms with Gasteiger partial charge in [0.1, 0.15) is 0 Å². The summed E-state index contributed by atoms with van der Waals surface area (Å²) in [6.07, 6.45) is 2.39. The molecule has 2 amide bonds. The largest absolute Gasteiger partial charge is 0.382 e. The van der Waals surface area contributed by atoms with E-state index in [1.165, 1.54) is 0 Å². The third kappa shape index (κ3) is 7.32. The van der Waals surface area contributed by atoms with Crippen molar-refractivity contribution in [2.24, 2.45) is 5.92 Å². The molecule has 1 saturated heterocycles. The van der Waals surface area contributed by atoms with Crippen LogP contribution in [0.25, 0.3) is 0 Å². The van der Waals surface area contributed by atoms with Gasteiger partial charge in [-0.3, -0.25) is 14.5 Å². The molecule has 1 aliphatic heterocycles. The molecule has 0 unspecified atom stereocenters. The molecule has 0 aliphatic carbocycles. The zero-order valence-corrected chi connectivity index (χ0v) is 16.1. The van der Waals surface area contributed by atoms with Gasteiger partial charge in [0.05, 0.1) is 6.54 Å². The fourth-order valence-corrected chi connectivity index (χ4v) is 3.19. The number of piperidine rings is 1. The van der Waals surface area contributed by atoms with E-state index >= 15 is 0 Å². The van der Waals surface area contributed by atoms with Crippen molar-refractivity contribution in [3.63, 3.8) is 0 Å². The summed E-state index contributed by atoms with van der Waals surface area (Å²) in [4.78, 5) is 26.4. The number of amides is 2. The van der Waals surface area contributed by atoms with Gasteiger partial charge in [-0.25, -0.2) is 0 Å². The number of hydrogen-bond donors (Lipinski definition) is 2. The van der Waals surface area contributed by atoms with Crippen LogP contribution in [0.15, 0.2) is 24.3 Å². The zero-order chi connectivity index (χ0) is 18.8. The Morgan fingerprint density at radius 1 is 1.31 bits per heavy atom. The highest BCUT2D eigenvalue weighted by molar-refractivity contribution is 6.30. The second-order valence-corrected chi connectivity index (χ2v) is 6.89. The Balaban J connectivity index is 1.64. The van der Waals surface area contributed by atoms with E-state index in [-0.39, 0.29) is 17.7 Å². The molecule has 1 aliphatic rings. The van der Waals surface area contributed by atoms with Crippen molar-refractivity contribution in [1.82, 2.24) is 10.2 Å². The van der Waals surface area contributed by atoms with E-state index in [0.717, 1.165) is 32.4 Å². The second kappa shape index (κ2) is 11.2. The van der Waals surface area contributed by atoms with E-state index in [1.54, 1.807) is 18.2 Å². The van der Waals surface area contributed by atoms with Gasteiger partial charge in [-0.05, 0) is 57.5 Å². The van der Waals surface area contributed by atoms with E-state index in [2.05, 4.69) is 15.5 Å². The maximum absolute atomic E-state index is 12.2. The zero-order valence-electron chi connectivity index (χ0n) is 15.3. The average molecular weight is 382 g/mol. The standard InChI is InChI=1S/C19H28ClN3O3/c1-2-26-12-4-9-21-19(25)15-7-10-23(11-8-15)14-18(24)22-17-6-3-5-16(20)13-17/h3,5-6,13,15H,2,4,7-12,14H2,1H3,(H,21,25)(H,22,24). The lowest BCUT2D eigenvalue weighted by Crippen LogP contribution is -2.43. The number of benzene rings is 1. The predicted octanol–water partition coefficient (Wildman–Crippen LogP) is 2.53. The Hall–Kier alpha value is -1.63. The molecule has 7 heteroatoms. The summed E-state index contributed by atoms with van der Waals surface area (Å²) in [5, 5.41) is 6.42. The number of ether oxygens (including phenoxy) is 1. The lowest BCUT2D eigenvalue weighted by atomic mass is 9.96. The van der Waals surface area contributed by atoms with Crippen LogP contribution in [-0.2, 0) is 14.3 Å². The van der Waals surface area contributed by atoms with Gasteiger partial charge in [-0.15, -0.1) is 0 Å². The van der Waals surface area contributed by atoms with Crippen molar-refractivity contribution in [3.05, 3.63) is 29.3 Å². The van der Waals surface area contributed by atoms with Crippen LogP contribution in [0.4, 0.5) is 5.69 Å². The Kier molecular flexibility index (Phi) is 8.88. The molecule has 1 aromatic rings. The summed E-state index contributed by atoms with van der Waals surface area (Å²) in [6.45, 7) is 5.83. The summed E-state index contributed by atoms with van der Waals surface area (Å²) in [5.74, 6) is 0.0879. The van der Waals surface area contributed by atoms with Crippen molar-refractivity contribution < 1.29 is 14.3 Å². The van der Waals surface area contributed by atoms with Gasteiger partial charge in [-0.1, -0.05) is 17.7 Å². The van der Waals surface area contributed by atoms with Gasteiger partial charge in [0.2, 0.25) is 11.8 Å². The van der Waals surface area contributed by atoms with Crippen LogP contribution in [0.5, 0.6) is 0 Å². The summed E-state index contributed by atoms with van der Waals surface area (Å²) < 4.78 is 5.26. The molecule has 0 saturated carbocycles. The molecular formula is C19H28ClN3O3. The minimum absolute atomic E-state index is 0.0364. The van der Waals surface area contributed by atoms with Gasteiger partial charge in [0.25, 0.3) is 0 Å². The van der Waals surface area contributed by atoms with Gasteiger partial charge in [0, 0.05) is 36.4 Å². The van der Waals surface area contributed by atoms with Crippen molar-refractivity contribution in [3.8, 4) is 0 Å². The summed E-state index contributed by atoms with van der Waals surface area (Å²) in [5.41, 5.74) is 0.698. The highest BCUT2D eigenvalue weighted by atomic mass is 35.5. The van der Waals surface area contributed by atoms with Crippen LogP contribution in [0.1, 0.15) is 26.2 Å². The number of carbonyl (C=O) groups excluding carboxylic acids is 2.